The summed E-state index contributed by atoms with van der Waals surface area (Å²) >= 11 is 0. The number of hydrogen-bond acceptors (Lipinski definition) is 4. The van der Waals surface area contributed by atoms with Gasteiger partial charge in [-0.05, 0) is 31.2 Å². The van der Waals surface area contributed by atoms with Gasteiger partial charge in [-0.15, -0.1) is 0 Å². The zero-order chi connectivity index (χ0) is 16.5. The molecule has 0 aliphatic rings. The molecule has 5 heteroatoms. The minimum absolute atomic E-state index is 0.187. The van der Waals surface area contributed by atoms with E-state index in [0.717, 1.165) is 0 Å². The Bertz CT molecular complexity index is 655. The van der Waals surface area contributed by atoms with Crippen LogP contribution in [0.1, 0.15) is 23.7 Å². The van der Waals surface area contributed by atoms with Crippen LogP contribution in [-0.4, -0.2) is 25.1 Å². The number of carbonyl (C=O) groups is 2. The van der Waals surface area contributed by atoms with E-state index in [1.165, 1.54) is 0 Å². The summed E-state index contributed by atoms with van der Waals surface area (Å²) in [6.45, 7) is 2.28. The molecule has 0 aromatic heterocycles. The first-order valence-corrected chi connectivity index (χ1v) is 7.44. The highest BCUT2D eigenvalue weighted by Crippen LogP contribution is 2.16. The SMILES string of the molecule is CCOC(=O)c1ccccc1NC(=O)CCOc1ccccc1. The molecule has 0 spiro atoms. The van der Waals surface area contributed by atoms with E-state index < -0.39 is 5.97 Å². The summed E-state index contributed by atoms with van der Waals surface area (Å²) in [6, 6.07) is 16.0. The van der Waals surface area contributed by atoms with Gasteiger partial charge in [0.15, 0.2) is 0 Å². The number of para-hydroxylation sites is 2. The number of nitrogens with one attached hydrogen (secondary N) is 1. The van der Waals surface area contributed by atoms with E-state index >= 15 is 0 Å². The van der Waals surface area contributed by atoms with Gasteiger partial charge in [-0.25, -0.2) is 4.79 Å². The van der Waals surface area contributed by atoms with Crippen molar-refractivity contribution < 1.29 is 19.1 Å². The van der Waals surface area contributed by atoms with Crippen LogP contribution in [0.5, 0.6) is 5.75 Å². The molecule has 0 unspecified atom stereocenters. The highest BCUT2D eigenvalue weighted by Gasteiger charge is 2.13. The minimum atomic E-state index is -0.455. The fourth-order valence-corrected chi connectivity index (χ4v) is 1.97. The highest BCUT2D eigenvalue weighted by molar-refractivity contribution is 6.01. The van der Waals surface area contributed by atoms with Crippen molar-refractivity contribution >= 4 is 17.6 Å². The largest absolute Gasteiger partial charge is 0.493 e. The lowest BCUT2D eigenvalue weighted by atomic mass is 10.1. The molecule has 0 heterocycles. The second-order valence-electron chi connectivity index (χ2n) is 4.73. The molecule has 0 aliphatic carbocycles. The van der Waals surface area contributed by atoms with Crippen LogP contribution >= 0.6 is 0 Å². The number of ether oxygens (including phenoxy) is 2. The number of anilines is 1. The summed E-state index contributed by atoms with van der Waals surface area (Å²) in [5, 5.41) is 2.72. The molecule has 0 bridgehead atoms. The van der Waals surface area contributed by atoms with Crippen LogP contribution in [-0.2, 0) is 9.53 Å². The molecule has 2 rings (SSSR count). The molecule has 5 nitrogen and oxygen atoms in total. The molecule has 2 aromatic carbocycles. The zero-order valence-corrected chi connectivity index (χ0v) is 13.0. The van der Waals surface area contributed by atoms with Crippen LogP contribution in [0.4, 0.5) is 5.69 Å². The van der Waals surface area contributed by atoms with Crippen LogP contribution in [0, 0.1) is 0 Å². The highest BCUT2D eigenvalue weighted by atomic mass is 16.5. The molecule has 120 valence electrons. The summed E-state index contributed by atoms with van der Waals surface area (Å²) in [5.74, 6) is 0.0360. The van der Waals surface area contributed by atoms with E-state index in [2.05, 4.69) is 5.32 Å². The standard InChI is InChI=1S/C18H19NO4/c1-2-22-18(21)15-10-6-7-11-16(15)19-17(20)12-13-23-14-8-4-3-5-9-14/h3-11H,2,12-13H2,1H3,(H,19,20). The average molecular weight is 313 g/mol. The number of carbonyl (C=O) groups excluding carboxylic acids is 2. The van der Waals surface area contributed by atoms with Gasteiger partial charge in [0.05, 0.1) is 30.9 Å². The van der Waals surface area contributed by atoms with Crippen molar-refractivity contribution in [2.45, 2.75) is 13.3 Å². The zero-order valence-electron chi connectivity index (χ0n) is 13.0. The number of rotatable bonds is 7. The Morgan fingerprint density at radius 1 is 1.00 bits per heavy atom. The molecule has 0 aliphatic heterocycles. The second kappa shape index (κ2) is 8.58. The molecule has 23 heavy (non-hydrogen) atoms. The van der Waals surface area contributed by atoms with Crippen molar-refractivity contribution in [1.82, 2.24) is 0 Å². The maximum atomic E-state index is 12.0. The number of esters is 1. The van der Waals surface area contributed by atoms with E-state index in [9.17, 15) is 9.59 Å². The number of hydrogen-bond donors (Lipinski definition) is 1. The Labute approximate surface area is 135 Å². The molecule has 2 aromatic rings. The third kappa shape index (κ3) is 5.14. The predicted molar refractivity (Wildman–Crippen MR) is 87.6 cm³/mol. The smallest absolute Gasteiger partial charge is 0.340 e. The third-order valence-corrected chi connectivity index (χ3v) is 3.04. The van der Waals surface area contributed by atoms with Crippen molar-refractivity contribution in [2.75, 3.05) is 18.5 Å². The van der Waals surface area contributed by atoms with Crippen LogP contribution < -0.4 is 10.1 Å². The van der Waals surface area contributed by atoms with Crippen molar-refractivity contribution in [3.63, 3.8) is 0 Å². The lowest BCUT2D eigenvalue weighted by Gasteiger charge is -2.10. The van der Waals surface area contributed by atoms with E-state index in [-0.39, 0.29) is 25.5 Å². The van der Waals surface area contributed by atoms with Crippen molar-refractivity contribution in [3.05, 3.63) is 60.2 Å². The lowest BCUT2D eigenvalue weighted by Crippen LogP contribution is -2.18. The van der Waals surface area contributed by atoms with E-state index in [1.54, 1.807) is 31.2 Å². The third-order valence-electron chi connectivity index (χ3n) is 3.04. The quantitative estimate of drug-likeness (QED) is 0.797. The summed E-state index contributed by atoms with van der Waals surface area (Å²) in [5.41, 5.74) is 0.780. The van der Waals surface area contributed by atoms with Crippen molar-refractivity contribution in [3.8, 4) is 5.75 Å². The first kappa shape index (κ1) is 16.5. The van der Waals surface area contributed by atoms with Gasteiger partial charge in [-0.2, -0.15) is 0 Å². The van der Waals surface area contributed by atoms with Gasteiger partial charge >= 0.3 is 5.97 Å². The monoisotopic (exact) mass is 313 g/mol. The van der Waals surface area contributed by atoms with Crippen LogP contribution in [0.3, 0.4) is 0 Å². The maximum absolute atomic E-state index is 12.0. The van der Waals surface area contributed by atoms with Gasteiger partial charge in [-0.3, -0.25) is 4.79 Å². The summed E-state index contributed by atoms with van der Waals surface area (Å²) in [4.78, 5) is 23.8. The molecular weight excluding hydrogens is 294 g/mol. The molecule has 0 saturated heterocycles. The summed E-state index contributed by atoms with van der Waals surface area (Å²) in [6.07, 6.45) is 0.187. The van der Waals surface area contributed by atoms with Crippen LogP contribution in [0.2, 0.25) is 0 Å². The Kier molecular flexibility index (Phi) is 6.17. The maximum Gasteiger partial charge on any atom is 0.340 e. The summed E-state index contributed by atoms with van der Waals surface area (Å²) < 4.78 is 10.5. The molecular formula is C18H19NO4. The molecule has 0 radical (unpaired) electrons. The Balaban J connectivity index is 1.89. The molecule has 1 N–H and O–H groups in total. The van der Waals surface area contributed by atoms with Crippen molar-refractivity contribution in [1.29, 1.82) is 0 Å². The lowest BCUT2D eigenvalue weighted by molar-refractivity contribution is -0.116. The Morgan fingerprint density at radius 3 is 2.43 bits per heavy atom. The van der Waals surface area contributed by atoms with Gasteiger partial charge in [0.2, 0.25) is 5.91 Å². The van der Waals surface area contributed by atoms with E-state index in [4.69, 9.17) is 9.47 Å². The van der Waals surface area contributed by atoms with Gasteiger partial charge in [0, 0.05) is 0 Å². The average Bonchev–Trinajstić information content (AvgIpc) is 2.56. The fraction of sp³-hybridized carbons (Fsp3) is 0.222. The van der Waals surface area contributed by atoms with Gasteiger partial charge < -0.3 is 14.8 Å². The van der Waals surface area contributed by atoms with Crippen molar-refractivity contribution in [2.24, 2.45) is 0 Å². The number of benzene rings is 2. The predicted octanol–water partition coefficient (Wildman–Crippen LogP) is 3.27. The number of amides is 1. The first-order chi connectivity index (χ1) is 11.2. The van der Waals surface area contributed by atoms with Crippen LogP contribution in [0.25, 0.3) is 0 Å². The Hall–Kier alpha value is -2.82. The first-order valence-electron chi connectivity index (χ1n) is 7.44. The van der Waals surface area contributed by atoms with E-state index in [1.807, 2.05) is 30.3 Å². The second-order valence-corrected chi connectivity index (χ2v) is 4.73. The summed E-state index contributed by atoms with van der Waals surface area (Å²) in [7, 11) is 0. The van der Waals surface area contributed by atoms with E-state index in [0.29, 0.717) is 17.0 Å². The molecule has 0 fully saturated rings. The molecule has 0 atom stereocenters. The minimum Gasteiger partial charge on any atom is -0.493 e. The fourth-order valence-electron chi connectivity index (χ4n) is 1.97. The molecule has 0 saturated carbocycles. The Morgan fingerprint density at radius 2 is 1.70 bits per heavy atom. The van der Waals surface area contributed by atoms with Crippen LogP contribution in [0.15, 0.2) is 54.6 Å². The van der Waals surface area contributed by atoms with Gasteiger partial charge in [0.25, 0.3) is 0 Å². The molecule has 1 amide bonds. The van der Waals surface area contributed by atoms with Gasteiger partial charge in [0.1, 0.15) is 5.75 Å². The van der Waals surface area contributed by atoms with Gasteiger partial charge in [-0.1, -0.05) is 30.3 Å². The topological polar surface area (TPSA) is 64.6 Å². The normalized spacial score (nSPS) is 9.96.